The Kier molecular flexibility index (Phi) is 4.13. The van der Waals surface area contributed by atoms with Gasteiger partial charge in [0.1, 0.15) is 5.75 Å². The Morgan fingerprint density at radius 1 is 1.44 bits per heavy atom. The number of hydrogen-bond donors (Lipinski definition) is 1. The summed E-state index contributed by atoms with van der Waals surface area (Å²) in [5.74, 6) is 2.28. The second-order valence-electron chi connectivity index (χ2n) is 4.06. The quantitative estimate of drug-likeness (QED) is 0.870. The Bertz CT molecular complexity index is 336. The average Bonchev–Trinajstić information content (AvgIpc) is 2.84. The highest BCUT2D eigenvalue weighted by Gasteiger charge is 2.27. The summed E-state index contributed by atoms with van der Waals surface area (Å²) in [6.45, 7) is 0. The predicted octanol–water partition coefficient (Wildman–Crippen LogP) is 2.85. The fourth-order valence-corrected chi connectivity index (χ4v) is 3.78. The van der Waals surface area contributed by atoms with Crippen LogP contribution >= 0.6 is 11.8 Å². The SMILES string of the molecule is CNC(c1ccccc1OC)C1CCCS1. The molecule has 3 heteroatoms. The lowest BCUT2D eigenvalue weighted by Crippen LogP contribution is -2.26. The number of methoxy groups -OCH3 is 1. The molecule has 0 radical (unpaired) electrons. The van der Waals surface area contributed by atoms with Crippen molar-refractivity contribution in [2.24, 2.45) is 0 Å². The highest BCUT2D eigenvalue weighted by Crippen LogP contribution is 2.38. The molecule has 1 saturated heterocycles. The first-order valence-corrected chi connectivity index (χ1v) is 6.83. The van der Waals surface area contributed by atoms with Crippen LogP contribution < -0.4 is 10.1 Å². The highest BCUT2D eigenvalue weighted by molar-refractivity contribution is 8.00. The molecule has 0 aromatic heterocycles. The first kappa shape index (κ1) is 11.8. The summed E-state index contributed by atoms with van der Waals surface area (Å²) in [5.41, 5.74) is 1.28. The van der Waals surface area contributed by atoms with E-state index < -0.39 is 0 Å². The summed E-state index contributed by atoms with van der Waals surface area (Å²) in [5, 5.41) is 4.12. The van der Waals surface area contributed by atoms with E-state index in [1.165, 1.54) is 24.2 Å². The molecule has 0 saturated carbocycles. The second kappa shape index (κ2) is 5.60. The standard InChI is InChI=1S/C13H19NOS/c1-14-13(12-8-5-9-16-12)10-6-3-4-7-11(10)15-2/h3-4,6-7,12-14H,5,8-9H2,1-2H3. The summed E-state index contributed by atoms with van der Waals surface area (Å²) in [6.07, 6.45) is 2.64. The van der Waals surface area contributed by atoms with Gasteiger partial charge in [0, 0.05) is 16.9 Å². The number of thioether (sulfide) groups is 1. The van der Waals surface area contributed by atoms with Gasteiger partial charge in [0.25, 0.3) is 0 Å². The van der Waals surface area contributed by atoms with Gasteiger partial charge in [-0.3, -0.25) is 0 Å². The molecule has 88 valence electrons. The molecule has 0 bridgehead atoms. The third-order valence-corrected chi connectivity index (χ3v) is 4.58. The summed E-state index contributed by atoms with van der Waals surface area (Å²) in [6, 6.07) is 8.72. The van der Waals surface area contributed by atoms with Crippen molar-refractivity contribution in [1.82, 2.24) is 5.32 Å². The molecule has 2 rings (SSSR count). The Morgan fingerprint density at radius 3 is 2.88 bits per heavy atom. The molecule has 16 heavy (non-hydrogen) atoms. The Balaban J connectivity index is 2.24. The molecule has 1 N–H and O–H groups in total. The number of nitrogens with one attached hydrogen (secondary N) is 1. The molecule has 1 aliphatic rings. The number of benzene rings is 1. The van der Waals surface area contributed by atoms with Crippen molar-refractivity contribution in [3.8, 4) is 5.75 Å². The van der Waals surface area contributed by atoms with Gasteiger partial charge in [-0.2, -0.15) is 11.8 Å². The van der Waals surface area contributed by atoms with Crippen LogP contribution in [0.1, 0.15) is 24.4 Å². The molecule has 2 unspecified atom stereocenters. The van der Waals surface area contributed by atoms with Gasteiger partial charge in [-0.25, -0.2) is 0 Å². The van der Waals surface area contributed by atoms with Crippen molar-refractivity contribution in [3.05, 3.63) is 29.8 Å². The molecular formula is C13H19NOS. The number of rotatable bonds is 4. The van der Waals surface area contributed by atoms with Crippen LogP contribution in [0.15, 0.2) is 24.3 Å². The maximum atomic E-state index is 5.44. The van der Waals surface area contributed by atoms with Gasteiger partial charge in [-0.05, 0) is 31.7 Å². The van der Waals surface area contributed by atoms with Crippen molar-refractivity contribution < 1.29 is 4.74 Å². The number of para-hydroxylation sites is 1. The molecule has 1 fully saturated rings. The summed E-state index contributed by atoms with van der Waals surface area (Å²) < 4.78 is 5.44. The first-order chi connectivity index (χ1) is 7.86. The summed E-state index contributed by atoms with van der Waals surface area (Å²) in [7, 11) is 3.78. The topological polar surface area (TPSA) is 21.3 Å². The van der Waals surface area contributed by atoms with E-state index >= 15 is 0 Å². The fraction of sp³-hybridized carbons (Fsp3) is 0.538. The van der Waals surface area contributed by atoms with Gasteiger partial charge >= 0.3 is 0 Å². The average molecular weight is 237 g/mol. The Labute approximate surface area is 102 Å². The molecule has 2 atom stereocenters. The van der Waals surface area contributed by atoms with Gasteiger partial charge in [0.2, 0.25) is 0 Å². The molecule has 0 amide bonds. The van der Waals surface area contributed by atoms with Crippen molar-refractivity contribution in [2.75, 3.05) is 19.9 Å². The van der Waals surface area contributed by atoms with Crippen LogP contribution in [0, 0.1) is 0 Å². The van der Waals surface area contributed by atoms with Crippen LogP contribution in [0.2, 0.25) is 0 Å². The molecule has 0 aliphatic carbocycles. The van der Waals surface area contributed by atoms with E-state index in [1.54, 1.807) is 7.11 Å². The largest absolute Gasteiger partial charge is 0.496 e. The van der Waals surface area contributed by atoms with Crippen molar-refractivity contribution in [2.45, 2.75) is 24.1 Å². The second-order valence-corrected chi connectivity index (χ2v) is 5.41. The predicted molar refractivity (Wildman–Crippen MR) is 70.3 cm³/mol. The Hall–Kier alpha value is -0.670. The molecule has 1 aromatic rings. The molecular weight excluding hydrogens is 218 g/mol. The van der Waals surface area contributed by atoms with Crippen molar-refractivity contribution in [3.63, 3.8) is 0 Å². The van der Waals surface area contributed by atoms with Gasteiger partial charge in [0.05, 0.1) is 7.11 Å². The van der Waals surface area contributed by atoms with Gasteiger partial charge < -0.3 is 10.1 Å². The smallest absolute Gasteiger partial charge is 0.123 e. The molecule has 2 nitrogen and oxygen atoms in total. The van der Waals surface area contributed by atoms with Crippen LogP contribution in [-0.4, -0.2) is 25.2 Å². The third kappa shape index (κ3) is 2.36. The maximum Gasteiger partial charge on any atom is 0.123 e. The summed E-state index contributed by atoms with van der Waals surface area (Å²) in [4.78, 5) is 0. The fourth-order valence-electron chi connectivity index (χ4n) is 2.33. The minimum absolute atomic E-state index is 0.406. The molecule has 1 aromatic carbocycles. The highest BCUT2D eigenvalue weighted by atomic mass is 32.2. The van der Waals surface area contributed by atoms with E-state index in [-0.39, 0.29) is 0 Å². The molecule has 1 heterocycles. The molecule has 1 aliphatic heterocycles. The Morgan fingerprint density at radius 2 is 2.25 bits per heavy atom. The van der Waals surface area contributed by atoms with Gasteiger partial charge in [-0.15, -0.1) is 0 Å². The first-order valence-electron chi connectivity index (χ1n) is 5.78. The normalized spacial score (nSPS) is 22.0. The van der Waals surface area contributed by atoms with E-state index in [2.05, 4.69) is 29.2 Å². The van der Waals surface area contributed by atoms with Crippen LogP contribution in [-0.2, 0) is 0 Å². The van der Waals surface area contributed by atoms with E-state index in [0.717, 1.165) is 5.75 Å². The van der Waals surface area contributed by atoms with Crippen molar-refractivity contribution in [1.29, 1.82) is 0 Å². The third-order valence-electron chi connectivity index (χ3n) is 3.12. The van der Waals surface area contributed by atoms with Crippen LogP contribution in [0.5, 0.6) is 5.75 Å². The zero-order valence-corrected chi connectivity index (χ0v) is 10.7. The van der Waals surface area contributed by atoms with Crippen LogP contribution in [0.25, 0.3) is 0 Å². The van der Waals surface area contributed by atoms with Gasteiger partial charge in [-0.1, -0.05) is 18.2 Å². The van der Waals surface area contributed by atoms with Gasteiger partial charge in [0.15, 0.2) is 0 Å². The number of ether oxygens (including phenoxy) is 1. The number of hydrogen-bond acceptors (Lipinski definition) is 3. The minimum Gasteiger partial charge on any atom is -0.496 e. The van der Waals surface area contributed by atoms with E-state index in [9.17, 15) is 0 Å². The maximum absolute atomic E-state index is 5.44. The van der Waals surface area contributed by atoms with E-state index in [0.29, 0.717) is 11.3 Å². The zero-order chi connectivity index (χ0) is 11.4. The molecule has 0 spiro atoms. The van der Waals surface area contributed by atoms with E-state index in [1.807, 2.05) is 19.2 Å². The van der Waals surface area contributed by atoms with Crippen LogP contribution in [0.4, 0.5) is 0 Å². The van der Waals surface area contributed by atoms with E-state index in [4.69, 9.17) is 4.74 Å². The monoisotopic (exact) mass is 237 g/mol. The zero-order valence-electron chi connectivity index (χ0n) is 9.90. The summed E-state index contributed by atoms with van der Waals surface area (Å²) >= 11 is 2.07. The van der Waals surface area contributed by atoms with Crippen molar-refractivity contribution >= 4 is 11.8 Å². The lowest BCUT2D eigenvalue weighted by Gasteiger charge is -2.24. The van der Waals surface area contributed by atoms with Crippen LogP contribution in [0.3, 0.4) is 0 Å². The lowest BCUT2D eigenvalue weighted by molar-refractivity contribution is 0.399. The lowest BCUT2D eigenvalue weighted by atomic mass is 10.00. The minimum atomic E-state index is 0.406.